The van der Waals surface area contributed by atoms with E-state index in [1.807, 2.05) is 11.3 Å². The molecule has 3 heterocycles. The van der Waals surface area contributed by atoms with Crippen LogP contribution in [0.15, 0.2) is 67.0 Å². The first-order valence-electron chi connectivity index (χ1n) is 15.3. The Morgan fingerprint density at radius 2 is 1.55 bits per heavy atom. The number of fused-ring (bicyclic) bond motifs is 6. The van der Waals surface area contributed by atoms with Crippen LogP contribution in [0.1, 0.15) is 84.9 Å². The first-order valence-corrected chi connectivity index (χ1v) is 16.2. The van der Waals surface area contributed by atoms with Gasteiger partial charge in [-0.3, -0.25) is 0 Å². The van der Waals surface area contributed by atoms with Crippen molar-refractivity contribution in [1.29, 1.82) is 0 Å². The van der Waals surface area contributed by atoms with Gasteiger partial charge in [-0.15, -0.1) is 11.3 Å². The van der Waals surface area contributed by atoms with Gasteiger partial charge < -0.3 is 0 Å². The van der Waals surface area contributed by atoms with E-state index >= 15 is 0 Å². The Bertz CT molecular complexity index is 1720. The number of imidazole rings is 1. The van der Waals surface area contributed by atoms with Gasteiger partial charge in [0.05, 0.1) is 5.56 Å². The van der Waals surface area contributed by atoms with Crippen molar-refractivity contribution in [2.24, 2.45) is 11.8 Å². The molecule has 0 amide bonds. The van der Waals surface area contributed by atoms with E-state index in [1.165, 1.54) is 53.9 Å². The third kappa shape index (κ3) is 3.84. The molecule has 6 rings (SSSR count). The molecule has 0 saturated carbocycles. The number of hydrogen-bond donors (Lipinski definition) is 0. The summed E-state index contributed by atoms with van der Waals surface area (Å²) in [5.41, 5.74) is 7.30. The number of nitrogens with zero attached hydrogens (tertiary/aromatic N) is 2. The highest BCUT2D eigenvalue weighted by Gasteiger charge is 2.55. The molecule has 0 saturated heterocycles. The van der Waals surface area contributed by atoms with Gasteiger partial charge in [-0.05, 0) is 68.2 Å². The molecule has 40 heavy (non-hydrogen) atoms. The van der Waals surface area contributed by atoms with E-state index in [0.29, 0.717) is 11.8 Å². The lowest BCUT2D eigenvalue weighted by Gasteiger charge is -2.47. The Balaban J connectivity index is 1.76. The summed E-state index contributed by atoms with van der Waals surface area (Å²) in [6, 6.07) is 20.8. The highest BCUT2D eigenvalue weighted by molar-refractivity contribution is 7.25. The minimum Gasteiger partial charge on any atom is -0.224 e. The normalized spacial score (nSPS) is 20.6. The molecule has 0 fully saturated rings. The number of thiophene rings is 1. The van der Waals surface area contributed by atoms with Crippen LogP contribution < -0.4 is 4.57 Å². The topological polar surface area (TPSA) is 8.81 Å². The summed E-state index contributed by atoms with van der Waals surface area (Å²) in [6.07, 6.45) is 9.09. The largest absolute Gasteiger partial charge is 0.294 e. The van der Waals surface area contributed by atoms with Crippen LogP contribution in [0.25, 0.3) is 37.2 Å². The summed E-state index contributed by atoms with van der Waals surface area (Å²) < 4.78 is 8.04. The Labute approximate surface area is 244 Å². The number of aromatic nitrogens is 2. The average molecular weight is 550 g/mol. The highest BCUT2D eigenvalue weighted by atomic mass is 32.1. The van der Waals surface area contributed by atoms with Crippen molar-refractivity contribution in [2.45, 2.75) is 92.0 Å². The van der Waals surface area contributed by atoms with E-state index in [-0.39, 0.29) is 11.0 Å². The molecule has 0 spiro atoms. The van der Waals surface area contributed by atoms with E-state index in [0.717, 1.165) is 25.7 Å². The molecule has 2 unspecified atom stereocenters. The van der Waals surface area contributed by atoms with Gasteiger partial charge in [-0.2, -0.15) is 4.57 Å². The van der Waals surface area contributed by atoms with Gasteiger partial charge in [0.25, 0.3) is 5.82 Å². The van der Waals surface area contributed by atoms with E-state index in [4.69, 9.17) is 0 Å². The maximum absolute atomic E-state index is 2.63. The Kier molecular flexibility index (Phi) is 6.73. The van der Waals surface area contributed by atoms with Crippen LogP contribution in [-0.4, -0.2) is 4.57 Å². The third-order valence-electron chi connectivity index (χ3n) is 10.0. The molecule has 2 nitrogen and oxygen atoms in total. The van der Waals surface area contributed by atoms with Crippen LogP contribution in [0.5, 0.6) is 0 Å². The smallest absolute Gasteiger partial charge is 0.224 e. The highest BCUT2D eigenvalue weighted by Crippen LogP contribution is 2.50. The molecule has 0 aliphatic carbocycles. The fourth-order valence-electron chi connectivity index (χ4n) is 7.59. The summed E-state index contributed by atoms with van der Waals surface area (Å²) in [7, 11) is 0. The molecule has 1 aliphatic heterocycles. The van der Waals surface area contributed by atoms with Gasteiger partial charge in [0.1, 0.15) is 23.6 Å². The summed E-state index contributed by atoms with van der Waals surface area (Å²) in [6.45, 7) is 19.2. The van der Waals surface area contributed by atoms with Crippen LogP contribution in [0.3, 0.4) is 0 Å². The van der Waals surface area contributed by atoms with Gasteiger partial charge in [0.2, 0.25) is 0 Å². The summed E-state index contributed by atoms with van der Waals surface area (Å²) >= 11 is 1.96. The second-order valence-electron chi connectivity index (χ2n) is 13.3. The molecule has 1 aliphatic rings. The molecular formula is C37H45N2S+. The SMILES string of the molecule is CCC1(C)c2ccccc2-c2n(-c3c(CC(C)C)cc4sc5ccccc5c4c3CC(C)C)cc[n+]2C1(C)CC. The number of benzene rings is 3. The Morgan fingerprint density at radius 3 is 2.25 bits per heavy atom. The minimum absolute atomic E-state index is 0.0215. The van der Waals surface area contributed by atoms with E-state index in [9.17, 15) is 0 Å². The lowest BCUT2D eigenvalue weighted by atomic mass is 9.61. The van der Waals surface area contributed by atoms with Crippen LogP contribution in [0.2, 0.25) is 0 Å². The number of hydrogen-bond acceptors (Lipinski definition) is 1. The molecule has 0 bridgehead atoms. The van der Waals surface area contributed by atoms with Gasteiger partial charge >= 0.3 is 0 Å². The molecule has 2 aromatic heterocycles. The van der Waals surface area contributed by atoms with Gasteiger partial charge in [0, 0.05) is 36.7 Å². The zero-order valence-corrected chi connectivity index (χ0v) is 26.5. The second kappa shape index (κ2) is 9.87. The Hall–Kier alpha value is -2.91. The maximum Gasteiger partial charge on any atom is 0.294 e. The van der Waals surface area contributed by atoms with E-state index < -0.39 is 0 Å². The third-order valence-corrected chi connectivity index (χ3v) is 11.1. The first kappa shape index (κ1) is 27.3. The summed E-state index contributed by atoms with van der Waals surface area (Å²) in [5.74, 6) is 2.47. The standard InChI is InChI=1S/C37H45N2S/c1-9-36(7)30-17-13-11-15-27(30)35-38(19-20-39(35)37(36,8)10-2)34-26(21-24(3)4)23-32-33(29(34)22-25(5)6)28-16-12-14-18-31(28)40-32/h11-20,23-25H,9-10,21-22H2,1-8H3/q+1. The van der Waals surface area contributed by atoms with Gasteiger partial charge in [-0.1, -0.05) is 84.9 Å². The van der Waals surface area contributed by atoms with Crippen LogP contribution in [-0.2, 0) is 23.8 Å². The molecule has 0 N–H and O–H groups in total. The predicted molar refractivity (Wildman–Crippen MR) is 173 cm³/mol. The molecule has 0 radical (unpaired) electrons. The fraction of sp³-hybridized carbons (Fsp3) is 0.432. The summed E-state index contributed by atoms with van der Waals surface area (Å²) in [4.78, 5) is 0. The molecular weight excluding hydrogens is 504 g/mol. The van der Waals surface area contributed by atoms with Crippen molar-refractivity contribution in [3.05, 3.63) is 83.7 Å². The first-order chi connectivity index (χ1) is 19.1. The van der Waals surface area contributed by atoms with Crippen molar-refractivity contribution in [2.75, 3.05) is 0 Å². The van der Waals surface area contributed by atoms with E-state index in [1.54, 1.807) is 0 Å². The van der Waals surface area contributed by atoms with Crippen molar-refractivity contribution >= 4 is 31.5 Å². The second-order valence-corrected chi connectivity index (χ2v) is 14.3. The average Bonchev–Trinajstić information content (AvgIpc) is 3.53. The van der Waals surface area contributed by atoms with E-state index in [2.05, 4.69) is 132 Å². The maximum atomic E-state index is 2.63. The predicted octanol–water partition coefficient (Wildman–Crippen LogP) is 10.0. The quantitative estimate of drug-likeness (QED) is 0.179. The number of rotatable bonds is 7. The molecule has 5 aromatic rings. The minimum atomic E-state index is -0.0215. The molecule has 3 heteroatoms. The molecule has 2 atom stereocenters. The molecule has 208 valence electrons. The van der Waals surface area contributed by atoms with Crippen molar-refractivity contribution < 1.29 is 4.57 Å². The van der Waals surface area contributed by atoms with Crippen molar-refractivity contribution in [3.8, 4) is 17.1 Å². The molecule has 3 aromatic carbocycles. The van der Waals surface area contributed by atoms with Crippen LogP contribution in [0, 0.1) is 11.8 Å². The monoisotopic (exact) mass is 549 g/mol. The summed E-state index contributed by atoms with van der Waals surface area (Å²) in [5, 5.41) is 2.87. The van der Waals surface area contributed by atoms with Crippen LogP contribution >= 0.6 is 11.3 Å². The zero-order valence-electron chi connectivity index (χ0n) is 25.6. The van der Waals surface area contributed by atoms with Crippen LogP contribution in [0.4, 0.5) is 0 Å². The Morgan fingerprint density at radius 1 is 0.850 bits per heavy atom. The lowest BCUT2D eigenvalue weighted by Crippen LogP contribution is -2.67. The van der Waals surface area contributed by atoms with Gasteiger partial charge in [0.15, 0.2) is 0 Å². The fourth-order valence-corrected chi connectivity index (χ4v) is 8.79. The van der Waals surface area contributed by atoms with Gasteiger partial charge in [-0.25, -0.2) is 4.57 Å². The van der Waals surface area contributed by atoms with Crippen molar-refractivity contribution in [1.82, 2.24) is 4.57 Å². The zero-order chi connectivity index (χ0) is 28.4. The lowest BCUT2D eigenvalue weighted by molar-refractivity contribution is -0.764. The van der Waals surface area contributed by atoms with Crippen molar-refractivity contribution in [3.63, 3.8) is 0 Å².